The fourth-order valence-electron chi connectivity index (χ4n) is 1.28. The maximum Gasteiger partial charge on any atom is 0.161 e. The first-order chi connectivity index (χ1) is 9.77. The second-order valence-electron chi connectivity index (χ2n) is 4.07. The molecule has 0 aliphatic carbocycles. The van der Waals surface area contributed by atoms with Crippen LogP contribution in [0.2, 0.25) is 0 Å². The molecule has 0 atom stereocenters. The van der Waals surface area contributed by atoms with Crippen molar-refractivity contribution in [1.29, 1.82) is 0 Å². The predicted octanol–water partition coefficient (Wildman–Crippen LogP) is 5.95. The third-order valence-electron chi connectivity index (χ3n) is 2.84. The summed E-state index contributed by atoms with van der Waals surface area (Å²) in [5.41, 5.74) is 0. The Labute approximate surface area is 126 Å². The summed E-state index contributed by atoms with van der Waals surface area (Å²) in [4.78, 5) is 0. The van der Waals surface area contributed by atoms with Gasteiger partial charge in [0.1, 0.15) is 13.2 Å². The monoisotopic (exact) mass is 282 g/mol. The minimum absolute atomic E-state index is 0.664. The summed E-state index contributed by atoms with van der Waals surface area (Å²) in [5.74, 6) is 2.65. The van der Waals surface area contributed by atoms with E-state index < -0.39 is 0 Å². The topological polar surface area (TPSA) is 18.5 Å². The molecule has 2 rings (SSSR count). The largest absolute Gasteiger partial charge is 0.486 e. The maximum absolute atomic E-state index is 5.30. The molecule has 1 aromatic rings. The lowest BCUT2D eigenvalue weighted by Gasteiger charge is -2.17. The van der Waals surface area contributed by atoms with Crippen molar-refractivity contribution < 1.29 is 9.47 Å². The lowest BCUT2D eigenvalue weighted by atomic mass is 10.1. The van der Waals surface area contributed by atoms with Gasteiger partial charge in [0.05, 0.1) is 0 Å². The van der Waals surface area contributed by atoms with Crippen LogP contribution in [0, 0.1) is 5.92 Å². The van der Waals surface area contributed by atoms with Crippen LogP contribution in [0.1, 0.15) is 61.3 Å². The van der Waals surface area contributed by atoms with Crippen LogP contribution >= 0.6 is 0 Å². The Morgan fingerprint density at radius 3 is 1.45 bits per heavy atom. The second-order valence-corrected chi connectivity index (χ2v) is 4.07. The van der Waals surface area contributed by atoms with Gasteiger partial charge in [0, 0.05) is 0 Å². The zero-order chi connectivity index (χ0) is 15.8. The van der Waals surface area contributed by atoms with Crippen molar-refractivity contribution in [3.63, 3.8) is 0 Å². The van der Waals surface area contributed by atoms with Gasteiger partial charge >= 0.3 is 0 Å². The van der Waals surface area contributed by atoms with Crippen LogP contribution in [0.15, 0.2) is 24.3 Å². The van der Waals surface area contributed by atoms with Gasteiger partial charge in [0.25, 0.3) is 0 Å². The Hall–Kier alpha value is -1.18. The molecule has 1 aliphatic heterocycles. The van der Waals surface area contributed by atoms with Crippen molar-refractivity contribution in [2.75, 3.05) is 13.2 Å². The Balaban J connectivity index is 0. The van der Waals surface area contributed by atoms with E-state index in [1.807, 2.05) is 52.0 Å². The lowest BCUT2D eigenvalue weighted by molar-refractivity contribution is 0.171. The third-order valence-corrected chi connectivity index (χ3v) is 2.84. The summed E-state index contributed by atoms with van der Waals surface area (Å²) < 4.78 is 10.6. The molecular formula is C18H34O2. The number of para-hydroxylation sites is 2. The van der Waals surface area contributed by atoms with E-state index in [-0.39, 0.29) is 0 Å². The Morgan fingerprint density at radius 2 is 1.20 bits per heavy atom. The number of rotatable bonds is 2. The summed E-state index contributed by atoms with van der Waals surface area (Å²) in [7, 11) is 0. The molecule has 0 N–H and O–H groups in total. The molecule has 1 aromatic carbocycles. The molecule has 0 radical (unpaired) electrons. The molecule has 2 heteroatoms. The molecule has 1 heterocycles. The Morgan fingerprint density at radius 1 is 0.850 bits per heavy atom. The molecule has 0 saturated heterocycles. The Bertz CT molecular complexity index is 268. The number of fused-ring (bicyclic) bond motifs is 1. The van der Waals surface area contributed by atoms with Gasteiger partial charge in [-0.25, -0.2) is 0 Å². The molecule has 1 aliphatic rings. The lowest BCUT2D eigenvalue weighted by Crippen LogP contribution is -2.14. The first kappa shape index (κ1) is 21.1. The van der Waals surface area contributed by atoms with Crippen LogP contribution in [0.25, 0.3) is 0 Å². The molecule has 0 fully saturated rings. The van der Waals surface area contributed by atoms with Gasteiger partial charge in [0.15, 0.2) is 11.5 Å². The van der Waals surface area contributed by atoms with Gasteiger partial charge in [-0.3, -0.25) is 0 Å². The zero-order valence-electron chi connectivity index (χ0n) is 14.5. The molecule has 118 valence electrons. The van der Waals surface area contributed by atoms with Crippen molar-refractivity contribution in [2.24, 2.45) is 5.92 Å². The highest BCUT2D eigenvalue weighted by Gasteiger charge is 2.07. The zero-order valence-corrected chi connectivity index (χ0v) is 14.5. The first-order valence-electron chi connectivity index (χ1n) is 8.12. The average molecular weight is 282 g/mol. The minimum atomic E-state index is 0.664. The quantitative estimate of drug-likeness (QED) is 0.667. The van der Waals surface area contributed by atoms with Crippen molar-refractivity contribution in [2.45, 2.75) is 61.3 Å². The highest BCUT2D eigenvalue weighted by molar-refractivity contribution is 5.40. The van der Waals surface area contributed by atoms with Gasteiger partial charge in [-0.05, 0) is 18.1 Å². The van der Waals surface area contributed by atoms with Crippen LogP contribution in [0.5, 0.6) is 11.5 Å². The predicted molar refractivity (Wildman–Crippen MR) is 89.9 cm³/mol. The molecule has 0 spiro atoms. The molecule has 0 aromatic heterocycles. The highest BCUT2D eigenvalue weighted by Crippen LogP contribution is 2.28. The SMILES string of the molecule is CC.CC.CCC(C)CC.c1ccc2c(c1)OCCO2. The molecule has 2 nitrogen and oxygen atoms in total. The van der Waals surface area contributed by atoms with Crippen LogP contribution in [-0.4, -0.2) is 13.2 Å². The summed E-state index contributed by atoms with van der Waals surface area (Å²) in [6.45, 7) is 16.1. The van der Waals surface area contributed by atoms with E-state index in [4.69, 9.17) is 9.47 Å². The first-order valence-corrected chi connectivity index (χ1v) is 8.12. The number of hydrogen-bond acceptors (Lipinski definition) is 2. The molecule has 0 unspecified atom stereocenters. The smallest absolute Gasteiger partial charge is 0.161 e. The van der Waals surface area contributed by atoms with Gasteiger partial charge in [-0.15, -0.1) is 0 Å². The molecule has 0 amide bonds. The third kappa shape index (κ3) is 9.71. The van der Waals surface area contributed by atoms with E-state index in [0.717, 1.165) is 17.4 Å². The molecule has 20 heavy (non-hydrogen) atoms. The summed E-state index contributed by atoms with van der Waals surface area (Å²) in [6.07, 6.45) is 2.66. The van der Waals surface area contributed by atoms with Crippen LogP contribution < -0.4 is 9.47 Å². The van der Waals surface area contributed by atoms with Gasteiger partial charge in [-0.1, -0.05) is 73.4 Å². The minimum Gasteiger partial charge on any atom is -0.486 e. The number of ether oxygens (including phenoxy) is 2. The standard InChI is InChI=1S/C8H8O2.C6H14.2C2H6/c1-2-4-8-7(3-1)9-5-6-10-8;1-4-6(3)5-2;2*1-2/h1-4H,5-6H2;6H,4-5H2,1-3H3;2*1-2H3. The van der Waals surface area contributed by atoms with E-state index in [1.165, 1.54) is 12.8 Å². The van der Waals surface area contributed by atoms with Crippen molar-refractivity contribution in [3.05, 3.63) is 24.3 Å². The Kier molecular flexibility index (Phi) is 16.8. The maximum atomic E-state index is 5.30. The average Bonchev–Trinajstić information content (AvgIpc) is 2.58. The van der Waals surface area contributed by atoms with Gasteiger partial charge in [0.2, 0.25) is 0 Å². The van der Waals surface area contributed by atoms with Crippen molar-refractivity contribution >= 4 is 0 Å². The molecule has 0 saturated carbocycles. The van der Waals surface area contributed by atoms with Crippen molar-refractivity contribution in [3.8, 4) is 11.5 Å². The van der Waals surface area contributed by atoms with Crippen LogP contribution in [0.3, 0.4) is 0 Å². The van der Waals surface area contributed by atoms with E-state index in [1.54, 1.807) is 0 Å². The summed E-state index contributed by atoms with van der Waals surface area (Å²) in [5, 5.41) is 0. The van der Waals surface area contributed by atoms with Gasteiger partial charge < -0.3 is 9.47 Å². The van der Waals surface area contributed by atoms with Gasteiger partial charge in [-0.2, -0.15) is 0 Å². The summed E-state index contributed by atoms with van der Waals surface area (Å²) in [6, 6.07) is 7.70. The number of benzene rings is 1. The van der Waals surface area contributed by atoms with Crippen LogP contribution in [0.4, 0.5) is 0 Å². The fraction of sp³-hybridized carbons (Fsp3) is 0.667. The van der Waals surface area contributed by atoms with E-state index in [2.05, 4.69) is 20.8 Å². The van der Waals surface area contributed by atoms with E-state index in [0.29, 0.717) is 13.2 Å². The summed E-state index contributed by atoms with van der Waals surface area (Å²) >= 11 is 0. The van der Waals surface area contributed by atoms with Crippen LogP contribution in [-0.2, 0) is 0 Å². The number of hydrogen-bond donors (Lipinski definition) is 0. The highest BCUT2D eigenvalue weighted by atomic mass is 16.6. The van der Waals surface area contributed by atoms with Crippen molar-refractivity contribution in [1.82, 2.24) is 0 Å². The normalized spacial score (nSPS) is 11.0. The fourth-order valence-corrected chi connectivity index (χ4v) is 1.28. The molecular weight excluding hydrogens is 248 g/mol. The molecule has 0 bridgehead atoms. The van der Waals surface area contributed by atoms with E-state index >= 15 is 0 Å². The van der Waals surface area contributed by atoms with E-state index in [9.17, 15) is 0 Å². The second kappa shape index (κ2) is 15.9.